The molecule has 1 aliphatic rings. The molecule has 0 aromatic heterocycles. The minimum Gasteiger partial charge on any atom is -0.389 e. The van der Waals surface area contributed by atoms with Crippen LogP contribution in [0.1, 0.15) is 38.3 Å². The Kier molecular flexibility index (Phi) is 5.97. The molecule has 1 aromatic rings. The van der Waals surface area contributed by atoms with Crippen molar-refractivity contribution < 1.29 is 5.11 Å². The van der Waals surface area contributed by atoms with E-state index in [-0.39, 0.29) is 6.04 Å². The normalized spacial score (nSPS) is 19.2. The van der Waals surface area contributed by atoms with Gasteiger partial charge in [-0.1, -0.05) is 12.1 Å². The fraction of sp³-hybridized carbons (Fsp3) is 0.647. The van der Waals surface area contributed by atoms with Crippen LogP contribution >= 0.6 is 11.8 Å². The molecule has 3 nitrogen and oxygen atoms in total. The third-order valence-electron chi connectivity index (χ3n) is 4.47. The van der Waals surface area contributed by atoms with Crippen molar-refractivity contribution in [1.29, 1.82) is 0 Å². The van der Waals surface area contributed by atoms with Crippen molar-refractivity contribution in [2.75, 3.05) is 36.5 Å². The maximum absolute atomic E-state index is 10.5. The fourth-order valence-electron chi connectivity index (χ4n) is 2.59. The number of hydrogen-bond acceptors (Lipinski definition) is 4. The standard InChI is InChI=1S/C17H28N2OS/c1-4-19(3)16-7-5-15(6-8-16)14(2)18-13-17(20)9-11-21-12-10-17/h5-8,14,18,20H,4,9-13H2,1-3H3. The lowest BCUT2D eigenvalue weighted by Gasteiger charge is -2.33. The van der Waals surface area contributed by atoms with Crippen molar-refractivity contribution in [1.82, 2.24) is 5.32 Å². The molecular formula is C17H28N2OS. The van der Waals surface area contributed by atoms with Crippen LogP contribution in [0.2, 0.25) is 0 Å². The van der Waals surface area contributed by atoms with Gasteiger partial charge in [0, 0.05) is 31.9 Å². The summed E-state index contributed by atoms with van der Waals surface area (Å²) in [5.74, 6) is 2.15. The van der Waals surface area contributed by atoms with Crippen LogP contribution in [0.3, 0.4) is 0 Å². The number of rotatable bonds is 6. The zero-order valence-electron chi connectivity index (χ0n) is 13.4. The molecule has 118 valence electrons. The summed E-state index contributed by atoms with van der Waals surface area (Å²) in [6.45, 7) is 6.02. The van der Waals surface area contributed by atoms with Gasteiger partial charge in [-0.15, -0.1) is 0 Å². The minimum absolute atomic E-state index is 0.268. The van der Waals surface area contributed by atoms with Crippen molar-refractivity contribution in [3.63, 3.8) is 0 Å². The molecule has 0 saturated carbocycles. The molecule has 1 saturated heterocycles. The second-order valence-corrected chi connectivity index (χ2v) is 7.27. The van der Waals surface area contributed by atoms with Crippen LogP contribution in [0.5, 0.6) is 0 Å². The van der Waals surface area contributed by atoms with Gasteiger partial charge in [-0.25, -0.2) is 0 Å². The van der Waals surface area contributed by atoms with E-state index in [1.54, 1.807) is 0 Å². The lowest BCUT2D eigenvalue weighted by molar-refractivity contribution is 0.0300. The smallest absolute Gasteiger partial charge is 0.0787 e. The summed E-state index contributed by atoms with van der Waals surface area (Å²) < 4.78 is 0. The summed E-state index contributed by atoms with van der Waals surface area (Å²) >= 11 is 1.94. The number of aliphatic hydroxyl groups is 1. The molecule has 2 N–H and O–H groups in total. The predicted molar refractivity (Wildman–Crippen MR) is 93.3 cm³/mol. The number of nitrogens with one attached hydrogen (secondary N) is 1. The highest BCUT2D eigenvalue weighted by Gasteiger charge is 2.29. The first kappa shape index (κ1) is 16.7. The molecule has 1 heterocycles. The molecule has 21 heavy (non-hydrogen) atoms. The highest BCUT2D eigenvalue weighted by Crippen LogP contribution is 2.27. The number of anilines is 1. The van der Waals surface area contributed by atoms with Gasteiger partial charge < -0.3 is 15.3 Å². The van der Waals surface area contributed by atoms with Crippen LogP contribution in [0.25, 0.3) is 0 Å². The van der Waals surface area contributed by atoms with E-state index in [1.165, 1.54) is 11.3 Å². The summed E-state index contributed by atoms with van der Waals surface area (Å²) in [5.41, 5.74) is 2.01. The maximum atomic E-state index is 10.5. The van der Waals surface area contributed by atoms with Gasteiger partial charge in [0.05, 0.1) is 5.60 Å². The number of thioether (sulfide) groups is 1. The van der Waals surface area contributed by atoms with E-state index >= 15 is 0 Å². The van der Waals surface area contributed by atoms with Gasteiger partial charge in [-0.05, 0) is 55.9 Å². The summed E-state index contributed by atoms with van der Waals surface area (Å²) in [5, 5.41) is 14.0. The van der Waals surface area contributed by atoms with Crippen molar-refractivity contribution in [3.05, 3.63) is 29.8 Å². The van der Waals surface area contributed by atoms with Crippen LogP contribution in [-0.4, -0.2) is 42.4 Å². The van der Waals surface area contributed by atoms with E-state index in [9.17, 15) is 5.11 Å². The largest absolute Gasteiger partial charge is 0.389 e. The molecule has 0 radical (unpaired) electrons. The molecule has 1 unspecified atom stereocenters. The Morgan fingerprint density at radius 1 is 1.29 bits per heavy atom. The Morgan fingerprint density at radius 3 is 2.48 bits per heavy atom. The Balaban J connectivity index is 1.89. The molecule has 1 aliphatic heterocycles. The SMILES string of the molecule is CCN(C)c1ccc(C(C)NCC2(O)CCSCC2)cc1. The average Bonchev–Trinajstić information content (AvgIpc) is 2.53. The van der Waals surface area contributed by atoms with Crippen LogP contribution in [0.15, 0.2) is 24.3 Å². The maximum Gasteiger partial charge on any atom is 0.0787 e. The monoisotopic (exact) mass is 308 g/mol. The van der Waals surface area contributed by atoms with Gasteiger partial charge in [-0.2, -0.15) is 11.8 Å². The van der Waals surface area contributed by atoms with Crippen molar-refractivity contribution >= 4 is 17.4 Å². The van der Waals surface area contributed by atoms with E-state index in [0.29, 0.717) is 6.54 Å². The second kappa shape index (κ2) is 7.52. The van der Waals surface area contributed by atoms with Crippen molar-refractivity contribution in [2.24, 2.45) is 0 Å². The number of hydrogen-bond donors (Lipinski definition) is 2. The quantitative estimate of drug-likeness (QED) is 0.847. The molecule has 0 spiro atoms. The topological polar surface area (TPSA) is 35.5 Å². The third kappa shape index (κ3) is 4.63. The fourth-order valence-corrected chi connectivity index (χ4v) is 3.84. The molecular weight excluding hydrogens is 280 g/mol. The van der Waals surface area contributed by atoms with E-state index in [1.807, 2.05) is 11.8 Å². The van der Waals surface area contributed by atoms with Crippen LogP contribution in [0, 0.1) is 0 Å². The van der Waals surface area contributed by atoms with Crippen molar-refractivity contribution in [3.8, 4) is 0 Å². The summed E-state index contributed by atoms with van der Waals surface area (Å²) in [4.78, 5) is 2.23. The first-order valence-corrected chi connectivity index (χ1v) is 9.04. The van der Waals surface area contributed by atoms with Gasteiger partial charge >= 0.3 is 0 Å². The van der Waals surface area contributed by atoms with E-state index in [4.69, 9.17) is 0 Å². The molecule has 1 atom stereocenters. The Hall–Kier alpha value is -0.710. The summed E-state index contributed by atoms with van der Waals surface area (Å²) in [6.07, 6.45) is 1.80. The van der Waals surface area contributed by atoms with E-state index in [2.05, 4.69) is 55.4 Å². The highest BCUT2D eigenvalue weighted by atomic mass is 32.2. The zero-order chi connectivity index (χ0) is 15.3. The van der Waals surface area contributed by atoms with E-state index in [0.717, 1.165) is 30.9 Å². The predicted octanol–water partition coefficient (Wildman–Crippen LogP) is 3.05. The number of nitrogens with zero attached hydrogens (tertiary/aromatic N) is 1. The number of benzene rings is 1. The first-order chi connectivity index (χ1) is 10.0. The van der Waals surface area contributed by atoms with Crippen LogP contribution < -0.4 is 10.2 Å². The highest BCUT2D eigenvalue weighted by molar-refractivity contribution is 7.99. The van der Waals surface area contributed by atoms with Gasteiger partial charge in [0.2, 0.25) is 0 Å². The molecule has 1 aromatic carbocycles. The average molecular weight is 308 g/mol. The first-order valence-electron chi connectivity index (χ1n) is 7.89. The van der Waals surface area contributed by atoms with Gasteiger partial charge in [0.25, 0.3) is 0 Å². The van der Waals surface area contributed by atoms with Crippen LogP contribution in [-0.2, 0) is 0 Å². The third-order valence-corrected chi connectivity index (χ3v) is 5.45. The molecule has 1 fully saturated rings. The van der Waals surface area contributed by atoms with Gasteiger partial charge in [0.15, 0.2) is 0 Å². The molecule has 4 heteroatoms. The lowest BCUT2D eigenvalue weighted by atomic mass is 9.96. The molecule has 0 aliphatic carbocycles. The van der Waals surface area contributed by atoms with Crippen molar-refractivity contribution in [2.45, 2.75) is 38.3 Å². The second-order valence-electron chi connectivity index (χ2n) is 6.05. The Labute approximate surface area is 133 Å². The molecule has 0 amide bonds. The van der Waals surface area contributed by atoms with Gasteiger partial charge in [-0.3, -0.25) is 0 Å². The zero-order valence-corrected chi connectivity index (χ0v) is 14.2. The molecule has 0 bridgehead atoms. The lowest BCUT2D eigenvalue weighted by Crippen LogP contribution is -2.44. The van der Waals surface area contributed by atoms with E-state index < -0.39 is 5.60 Å². The van der Waals surface area contributed by atoms with Crippen LogP contribution in [0.4, 0.5) is 5.69 Å². The Morgan fingerprint density at radius 2 is 1.90 bits per heavy atom. The molecule has 2 rings (SSSR count). The Bertz CT molecular complexity index is 429. The van der Waals surface area contributed by atoms with Gasteiger partial charge in [0.1, 0.15) is 0 Å². The minimum atomic E-state index is -0.512. The summed E-state index contributed by atoms with van der Waals surface area (Å²) in [7, 11) is 2.10. The summed E-state index contributed by atoms with van der Waals surface area (Å²) in [6, 6.07) is 8.97.